The number of nitrogens with zero attached hydrogens (tertiary/aromatic N) is 1. The van der Waals surface area contributed by atoms with Gasteiger partial charge in [-0.25, -0.2) is 4.79 Å². The van der Waals surface area contributed by atoms with Gasteiger partial charge in [0.15, 0.2) is 5.75 Å². The molecular formula is C31H27N3O5S. The lowest BCUT2D eigenvalue weighted by atomic mass is 10.1. The van der Waals surface area contributed by atoms with Crippen molar-refractivity contribution in [3.05, 3.63) is 106 Å². The van der Waals surface area contributed by atoms with E-state index in [-0.39, 0.29) is 24.1 Å². The number of hydrogen-bond donors (Lipinski definition) is 2. The zero-order valence-corrected chi connectivity index (χ0v) is 23.0. The van der Waals surface area contributed by atoms with Crippen LogP contribution in [0.15, 0.2) is 84.2 Å². The van der Waals surface area contributed by atoms with Crippen LogP contribution in [0.25, 0.3) is 10.4 Å². The number of nitrogens with one attached hydrogen (secondary N) is 2. The maximum absolute atomic E-state index is 13.2. The summed E-state index contributed by atoms with van der Waals surface area (Å²) >= 11 is 1.55. The first-order chi connectivity index (χ1) is 19.1. The molecule has 202 valence electrons. The fraction of sp³-hybridized carbons (Fsp3) is 0.161. The van der Waals surface area contributed by atoms with Gasteiger partial charge in [-0.2, -0.15) is 0 Å². The van der Waals surface area contributed by atoms with E-state index in [1.807, 2.05) is 44.4 Å². The van der Waals surface area contributed by atoms with Crippen LogP contribution >= 0.6 is 11.3 Å². The molecule has 0 atom stereocenters. The first-order valence-electron chi connectivity index (χ1n) is 12.6. The van der Waals surface area contributed by atoms with Crippen LogP contribution in [-0.4, -0.2) is 34.3 Å². The number of anilines is 1. The van der Waals surface area contributed by atoms with E-state index in [4.69, 9.17) is 4.74 Å². The lowest BCUT2D eigenvalue weighted by Crippen LogP contribution is -2.42. The SMILES string of the molecule is CC(C)(C)NC(=O)Oc1ccc(-c2cccs2)cc1NC(=O)c1ccc(CN2C(=O)c3ccccc3C2=O)cc1. The second-order valence-corrected chi connectivity index (χ2v) is 11.3. The van der Waals surface area contributed by atoms with Crippen molar-refractivity contribution in [1.82, 2.24) is 10.2 Å². The van der Waals surface area contributed by atoms with Crippen molar-refractivity contribution in [3.8, 4) is 16.2 Å². The molecule has 0 unspecified atom stereocenters. The Morgan fingerprint density at radius 1 is 0.875 bits per heavy atom. The van der Waals surface area contributed by atoms with E-state index < -0.39 is 17.5 Å². The summed E-state index contributed by atoms with van der Waals surface area (Å²) in [6.45, 7) is 5.62. The van der Waals surface area contributed by atoms with E-state index in [1.54, 1.807) is 72.0 Å². The van der Waals surface area contributed by atoms with Crippen LogP contribution in [0.1, 0.15) is 57.4 Å². The first kappa shape index (κ1) is 26.8. The molecule has 0 spiro atoms. The minimum Gasteiger partial charge on any atom is -0.408 e. The Bertz CT molecular complexity index is 1570. The molecule has 2 N–H and O–H groups in total. The van der Waals surface area contributed by atoms with Crippen LogP contribution in [0.5, 0.6) is 5.75 Å². The minimum atomic E-state index is -0.635. The number of imide groups is 1. The number of thiophene rings is 1. The Kier molecular flexibility index (Phi) is 7.23. The van der Waals surface area contributed by atoms with Crippen molar-refractivity contribution in [2.75, 3.05) is 5.32 Å². The normalized spacial score (nSPS) is 12.7. The summed E-state index contributed by atoms with van der Waals surface area (Å²) in [6.07, 6.45) is -0.635. The van der Waals surface area contributed by atoms with Gasteiger partial charge in [0.2, 0.25) is 0 Å². The van der Waals surface area contributed by atoms with Crippen LogP contribution in [-0.2, 0) is 6.54 Å². The molecule has 1 aliphatic heterocycles. The third-order valence-corrected chi connectivity index (χ3v) is 7.07. The molecule has 8 nitrogen and oxygen atoms in total. The predicted octanol–water partition coefficient (Wildman–Crippen LogP) is 6.35. The van der Waals surface area contributed by atoms with Crippen LogP contribution in [0.4, 0.5) is 10.5 Å². The molecule has 0 saturated carbocycles. The summed E-state index contributed by atoms with van der Waals surface area (Å²) in [4.78, 5) is 53.2. The van der Waals surface area contributed by atoms with Gasteiger partial charge in [-0.1, -0.05) is 30.3 Å². The van der Waals surface area contributed by atoms with E-state index in [9.17, 15) is 19.2 Å². The van der Waals surface area contributed by atoms with Crippen LogP contribution in [0.2, 0.25) is 0 Å². The third-order valence-electron chi connectivity index (χ3n) is 6.15. The first-order valence-corrected chi connectivity index (χ1v) is 13.5. The third kappa shape index (κ3) is 5.79. The van der Waals surface area contributed by atoms with Crippen LogP contribution in [0.3, 0.4) is 0 Å². The zero-order chi connectivity index (χ0) is 28.4. The van der Waals surface area contributed by atoms with Crippen molar-refractivity contribution in [3.63, 3.8) is 0 Å². The lowest BCUT2D eigenvalue weighted by molar-refractivity contribution is 0.0641. The molecule has 40 heavy (non-hydrogen) atoms. The van der Waals surface area contributed by atoms with Crippen LogP contribution in [0, 0.1) is 0 Å². The molecule has 0 bridgehead atoms. The van der Waals surface area contributed by atoms with Crippen molar-refractivity contribution in [1.29, 1.82) is 0 Å². The van der Waals surface area contributed by atoms with Gasteiger partial charge in [-0.05, 0) is 85.8 Å². The molecule has 4 aromatic rings. The number of amides is 4. The largest absolute Gasteiger partial charge is 0.413 e. The molecular weight excluding hydrogens is 526 g/mol. The van der Waals surface area contributed by atoms with E-state index >= 15 is 0 Å². The highest BCUT2D eigenvalue weighted by atomic mass is 32.1. The number of fused-ring (bicyclic) bond motifs is 1. The fourth-order valence-electron chi connectivity index (χ4n) is 4.27. The van der Waals surface area contributed by atoms with Gasteiger partial charge in [0.1, 0.15) is 0 Å². The zero-order valence-electron chi connectivity index (χ0n) is 22.2. The van der Waals surface area contributed by atoms with Gasteiger partial charge in [0, 0.05) is 16.0 Å². The monoisotopic (exact) mass is 553 g/mol. The molecule has 1 aromatic heterocycles. The van der Waals surface area contributed by atoms with Crippen molar-refractivity contribution >= 4 is 40.8 Å². The topological polar surface area (TPSA) is 105 Å². The van der Waals surface area contributed by atoms with Gasteiger partial charge in [0.25, 0.3) is 17.7 Å². The smallest absolute Gasteiger partial charge is 0.408 e. The van der Waals surface area contributed by atoms with Gasteiger partial charge in [-0.15, -0.1) is 11.3 Å². The van der Waals surface area contributed by atoms with E-state index in [1.165, 1.54) is 4.90 Å². The van der Waals surface area contributed by atoms with Gasteiger partial charge >= 0.3 is 6.09 Å². The number of carbonyl (C=O) groups excluding carboxylic acids is 4. The predicted molar refractivity (Wildman–Crippen MR) is 154 cm³/mol. The maximum atomic E-state index is 13.2. The maximum Gasteiger partial charge on any atom is 0.413 e. The molecule has 0 fully saturated rings. The summed E-state index contributed by atoms with van der Waals surface area (Å²) < 4.78 is 5.54. The number of hydrogen-bond acceptors (Lipinski definition) is 6. The summed E-state index contributed by atoms with van der Waals surface area (Å²) in [5, 5.41) is 7.56. The van der Waals surface area contributed by atoms with Crippen LogP contribution < -0.4 is 15.4 Å². The number of ether oxygens (including phenoxy) is 1. The summed E-state index contributed by atoms with van der Waals surface area (Å²) in [5.41, 5.74) is 2.56. The lowest BCUT2D eigenvalue weighted by Gasteiger charge is -2.21. The minimum absolute atomic E-state index is 0.0952. The van der Waals surface area contributed by atoms with Crippen molar-refractivity contribution in [2.45, 2.75) is 32.9 Å². The van der Waals surface area contributed by atoms with Gasteiger partial charge in [-0.3, -0.25) is 19.3 Å². The molecule has 0 radical (unpaired) electrons. The Hall–Kier alpha value is -4.76. The molecule has 0 aliphatic carbocycles. The quantitative estimate of drug-likeness (QED) is 0.271. The second kappa shape index (κ2) is 10.8. The highest BCUT2D eigenvalue weighted by molar-refractivity contribution is 7.13. The van der Waals surface area contributed by atoms with E-state index in [0.29, 0.717) is 27.9 Å². The van der Waals surface area contributed by atoms with Gasteiger partial charge in [0.05, 0.1) is 23.4 Å². The second-order valence-electron chi connectivity index (χ2n) is 10.3. The molecule has 3 aromatic carbocycles. The average molecular weight is 554 g/mol. The standard InChI is InChI=1S/C31H27N3O5S/c1-31(2,3)33-30(38)39-25-15-14-21(26-9-6-16-40-26)17-24(25)32-27(35)20-12-10-19(11-13-20)18-34-28(36)22-7-4-5-8-23(22)29(34)37/h4-17H,18H2,1-3H3,(H,32,35)(H,33,38). The Morgan fingerprint density at radius 3 is 2.15 bits per heavy atom. The Balaban J connectivity index is 1.33. The summed E-state index contributed by atoms with van der Waals surface area (Å²) in [5.74, 6) is -0.874. The molecule has 9 heteroatoms. The van der Waals surface area contributed by atoms with Crippen molar-refractivity contribution in [2.24, 2.45) is 0 Å². The Labute approximate surface area is 235 Å². The summed E-state index contributed by atoms with van der Waals surface area (Å²) in [7, 11) is 0. The van der Waals surface area contributed by atoms with Crippen molar-refractivity contribution < 1.29 is 23.9 Å². The molecule has 2 heterocycles. The summed E-state index contributed by atoms with van der Waals surface area (Å²) in [6, 6.07) is 22.5. The molecule has 5 rings (SSSR count). The number of benzene rings is 3. The highest BCUT2D eigenvalue weighted by Crippen LogP contribution is 2.33. The van der Waals surface area contributed by atoms with E-state index in [2.05, 4.69) is 10.6 Å². The average Bonchev–Trinajstić information content (AvgIpc) is 3.53. The van der Waals surface area contributed by atoms with E-state index in [0.717, 1.165) is 10.4 Å². The Morgan fingerprint density at radius 2 is 1.55 bits per heavy atom. The highest BCUT2D eigenvalue weighted by Gasteiger charge is 2.35. The molecule has 1 aliphatic rings. The number of rotatable bonds is 6. The number of carbonyl (C=O) groups is 4. The molecule has 0 saturated heterocycles. The van der Waals surface area contributed by atoms with Gasteiger partial charge < -0.3 is 15.4 Å². The fourth-order valence-corrected chi connectivity index (χ4v) is 4.99. The molecule has 4 amide bonds.